The molecule has 0 radical (unpaired) electrons. The van der Waals surface area contributed by atoms with Crippen molar-refractivity contribution in [1.82, 2.24) is 5.32 Å². The van der Waals surface area contributed by atoms with Crippen LogP contribution < -0.4 is 5.32 Å². The SMILES string of the molecule is O=C(O)[C@@]12CCC[C@H](C1)NC2. The van der Waals surface area contributed by atoms with Crippen molar-refractivity contribution in [3.05, 3.63) is 0 Å². The molecule has 2 bridgehead atoms. The summed E-state index contributed by atoms with van der Waals surface area (Å²) in [7, 11) is 0. The van der Waals surface area contributed by atoms with Gasteiger partial charge in [-0.3, -0.25) is 4.79 Å². The highest BCUT2D eigenvalue weighted by molar-refractivity contribution is 5.75. The Kier molecular flexibility index (Phi) is 1.42. The summed E-state index contributed by atoms with van der Waals surface area (Å²) in [4.78, 5) is 10.9. The minimum Gasteiger partial charge on any atom is -0.481 e. The lowest BCUT2D eigenvalue weighted by Gasteiger charge is -2.26. The van der Waals surface area contributed by atoms with Gasteiger partial charge in [-0.25, -0.2) is 0 Å². The fourth-order valence-electron chi connectivity index (χ4n) is 2.31. The first kappa shape index (κ1) is 7.10. The number of carbonyl (C=O) groups is 1. The third-order valence-corrected chi connectivity index (χ3v) is 3.03. The lowest BCUT2D eigenvalue weighted by atomic mass is 9.76. The Morgan fingerprint density at radius 1 is 1.64 bits per heavy atom. The Hall–Kier alpha value is -0.570. The number of carboxylic acid groups (broad SMARTS) is 1. The van der Waals surface area contributed by atoms with Gasteiger partial charge >= 0.3 is 5.97 Å². The number of fused-ring (bicyclic) bond motifs is 2. The molecule has 2 N–H and O–H groups in total. The topological polar surface area (TPSA) is 49.3 Å². The maximum Gasteiger partial charge on any atom is 0.310 e. The smallest absolute Gasteiger partial charge is 0.310 e. The molecule has 3 nitrogen and oxygen atoms in total. The van der Waals surface area contributed by atoms with Crippen LogP contribution in [0.4, 0.5) is 0 Å². The molecule has 1 heterocycles. The van der Waals surface area contributed by atoms with Gasteiger partial charge < -0.3 is 10.4 Å². The second kappa shape index (κ2) is 2.21. The van der Waals surface area contributed by atoms with E-state index in [1.54, 1.807) is 0 Å². The normalized spacial score (nSPS) is 42.4. The van der Waals surface area contributed by atoms with Crippen LogP contribution in [0.5, 0.6) is 0 Å². The van der Waals surface area contributed by atoms with Gasteiger partial charge in [0.25, 0.3) is 0 Å². The maximum absolute atomic E-state index is 10.9. The number of nitrogens with one attached hydrogen (secondary N) is 1. The van der Waals surface area contributed by atoms with Crippen LogP contribution in [-0.4, -0.2) is 23.7 Å². The van der Waals surface area contributed by atoms with Gasteiger partial charge in [-0.1, -0.05) is 6.42 Å². The van der Waals surface area contributed by atoms with Crippen LogP contribution in [0.15, 0.2) is 0 Å². The van der Waals surface area contributed by atoms with Gasteiger partial charge in [-0.05, 0) is 19.3 Å². The second-order valence-electron chi connectivity index (χ2n) is 3.76. The molecule has 62 valence electrons. The van der Waals surface area contributed by atoms with Gasteiger partial charge in [0.2, 0.25) is 0 Å². The fourth-order valence-corrected chi connectivity index (χ4v) is 2.31. The number of hydrogen-bond donors (Lipinski definition) is 2. The maximum atomic E-state index is 10.9. The molecule has 0 aromatic rings. The summed E-state index contributed by atoms with van der Waals surface area (Å²) in [5, 5.41) is 12.2. The third-order valence-electron chi connectivity index (χ3n) is 3.03. The van der Waals surface area contributed by atoms with Crippen molar-refractivity contribution in [3.8, 4) is 0 Å². The van der Waals surface area contributed by atoms with Gasteiger partial charge in [0.15, 0.2) is 0 Å². The molecule has 0 spiro atoms. The number of carboxylic acids is 1. The van der Waals surface area contributed by atoms with E-state index in [9.17, 15) is 4.79 Å². The van der Waals surface area contributed by atoms with E-state index in [4.69, 9.17) is 5.11 Å². The van der Waals surface area contributed by atoms with Crippen molar-refractivity contribution in [3.63, 3.8) is 0 Å². The molecular formula is C8H13NO2. The van der Waals surface area contributed by atoms with Crippen LogP contribution in [0.1, 0.15) is 25.7 Å². The van der Waals surface area contributed by atoms with Crippen molar-refractivity contribution in [2.75, 3.05) is 6.54 Å². The molecule has 2 atom stereocenters. The predicted octanol–water partition coefficient (Wildman–Crippen LogP) is 0.603. The Labute approximate surface area is 65.8 Å². The molecule has 2 fully saturated rings. The van der Waals surface area contributed by atoms with E-state index in [1.165, 1.54) is 0 Å². The number of rotatable bonds is 1. The predicted molar refractivity (Wildman–Crippen MR) is 40.3 cm³/mol. The number of aliphatic carboxylic acids is 1. The fraction of sp³-hybridized carbons (Fsp3) is 0.875. The average Bonchev–Trinajstić information content (AvgIpc) is 2.29. The Bertz CT molecular complexity index is 189. The molecular weight excluding hydrogens is 142 g/mol. The van der Waals surface area contributed by atoms with Gasteiger partial charge in [-0.15, -0.1) is 0 Å². The van der Waals surface area contributed by atoms with Crippen molar-refractivity contribution in [2.24, 2.45) is 5.41 Å². The summed E-state index contributed by atoms with van der Waals surface area (Å²) in [5.74, 6) is -0.604. The first-order valence-corrected chi connectivity index (χ1v) is 4.20. The first-order chi connectivity index (χ1) is 5.23. The minimum absolute atomic E-state index is 0.400. The highest BCUT2D eigenvalue weighted by Crippen LogP contribution is 2.40. The monoisotopic (exact) mass is 155 g/mol. The molecule has 2 rings (SSSR count). The van der Waals surface area contributed by atoms with Gasteiger partial charge in [0.05, 0.1) is 5.41 Å². The van der Waals surface area contributed by atoms with E-state index in [0.717, 1.165) is 25.7 Å². The van der Waals surface area contributed by atoms with E-state index in [0.29, 0.717) is 12.6 Å². The summed E-state index contributed by atoms with van der Waals surface area (Å²) in [6.45, 7) is 0.687. The largest absolute Gasteiger partial charge is 0.481 e. The lowest BCUT2D eigenvalue weighted by Crippen LogP contribution is -2.33. The molecule has 1 aliphatic carbocycles. The number of hydrogen-bond acceptors (Lipinski definition) is 2. The van der Waals surface area contributed by atoms with E-state index >= 15 is 0 Å². The minimum atomic E-state index is -0.604. The molecule has 2 aliphatic rings. The first-order valence-electron chi connectivity index (χ1n) is 4.20. The van der Waals surface area contributed by atoms with Gasteiger partial charge in [0.1, 0.15) is 0 Å². The zero-order valence-corrected chi connectivity index (χ0v) is 6.47. The van der Waals surface area contributed by atoms with Crippen molar-refractivity contribution in [1.29, 1.82) is 0 Å². The Morgan fingerprint density at radius 3 is 3.09 bits per heavy atom. The van der Waals surface area contributed by atoms with Gasteiger partial charge in [0, 0.05) is 12.6 Å². The molecule has 11 heavy (non-hydrogen) atoms. The molecule has 1 saturated heterocycles. The van der Waals surface area contributed by atoms with E-state index < -0.39 is 11.4 Å². The second-order valence-corrected chi connectivity index (χ2v) is 3.76. The van der Waals surface area contributed by atoms with E-state index in [1.807, 2.05) is 0 Å². The van der Waals surface area contributed by atoms with Crippen LogP contribution >= 0.6 is 0 Å². The summed E-state index contributed by atoms with van der Waals surface area (Å²) >= 11 is 0. The highest BCUT2D eigenvalue weighted by Gasteiger charge is 2.47. The molecule has 0 unspecified atom stereocenters. The van der Waals surface area contributed by atoms with Crippen LogP contribution in [0.25, 0.3) is 0 Å². The van der Waals surface area contributed by atoms with Crippen molar-refractivity contribution in [2.45, 2.75) is 31.7 Å². The van der Waals surface area contributed by atoms with Crippen molar-refractivity contribution >= 4 is 5.97 Å². The molecule has 3 heteroatoms. The molecule has 0 aromatic carbocycles. The van der Waals surface area contributed by atoms with Crippen LogP contribution in [0, 0.1) is 5.41 Å². The third kappa shape index (κ3) is 0.948. The van der Waals surface area contributed by atoms with Crippen LogP contribution in [-0.2, 0) is 4.79 Å². The average molecular weight is 155 g/mol. The standard InChI is InChI=1S/C8H13NO2/c10-7(11)8-3-1-2-6(4-8)9-5-8/h6,9H,1-5H2,(H,10,11)/t6-,8+/m1/s1. The zero-order valence-electron chi connectivity index (χ0n) is 6.47. The molecule has 1 aliphatic heterocycles. The van der Waals surface area contributed by atoms with Gasteiger partial charge in [-0.2, -0.15) is 0 Å². The van der Waals surface area contributed by atoms with E-state index in [2.05, 4.69) is 5.32 Å². The van der Waals surface area contributed by atoms with Crippen LogP contribution in [0.2, 0.25) is 0 Å². The van der Waals surface area contributed by atoms with E-state index in [-0.39, 0.29) is 0 Å². The molecule has 0 amide bonds. The summed E-state index contributed by atoms with van der Waals surface area (Å²) in [5.41, 5.74) is -0.400. The zero-order chi connectivity index (χ0) is 7.90. The Morgan fingerprint density at radius 2 is 2.45 bits per heavy atom. The summed E-state index contributed by atoms with van der Waals surface area (Å²) in [6, 6.07) is 0.486. The lowest BCUT2D eigenvalue weighted by molar-refractivity contribution is -0.148. The van der Waals surface area contributed by atoms with Crippen LogP contribution in [0.3, 0.4) is 0 Å². The quantitative estimate of drug-likeness (QED) is 0.583. The molecule has 0 aromatic heterocycles. The highest BCUT2D eigenvalue weighted by atomic mass is 16.4. The summed E-state index contributed by atoms with van der Waals surface area (Å²) in [6.07, 6.45) is 3.95. The summed E-state index contributed by atoms with van der Waals surface area (Å²) < 4.78 is 0. The Balaban J connectivity index is 2.19. The molecule has 1 saturated carbocycles. The van der Waals surface area contributed by atoms with Crippen molar-refractivity contribution < 1.29 is 9.90 Å².